The second kappa shape index (κ2) is 9.29. The van der Waals surface area contributed by atoms with Crippen LogP contribution in [0.2, 0.25) is 5.02 Å². The van der Waals surface area contributed by atoms with Gasteiger partial charge < -0.3 is 0 Å². The van der Waals surface area contributed by atoms with Crippen molar-refractivity contribution < 1.29 is 8.42 Å². The van der Waals surface area contributed by atoms with Crippen LogP contribution in [-0.4, -0.2) is 18.2 Å². The highest BCUT2D eigenvalue weighted by atomic mass is 35.5. The Labute approximate surface area is 186 Å². The molecule has 0 aliphatic heterocycles. The molecule has 0 aliphatic rings. The van der Waals surface area contributed by atoms with E-state index in [2.05, 4.69) is 5.10 Å². The van der Waals surface area contributed by atoms with Gasteiger partial charge in [0.25, 0.3) is 5.56 Å². The average Bonchev–Trinajstić information content (AvgIpc) is 2.77. The monoisotopic (exact) mass is 450 g/mol. The third-order valence-electron chi connectivity index (χ3n) is 4.93. The molecule has 0 fully saturated rings. The Kier molecular flexibility index (Phi) is 6.30. The lowest BCUT2D eigenvalue weighted by Gasteiger charge is -2.13. The van der Waals surface area contributed by atoms with E-state index in [0.717, 1.165) is 16.7 Å². The molecule has 0 amide bonds. The smallest absolute Gasteiger partial charge is 0.267 e. The van der Waals surface area contributed by atoms with Crippen molar-refractivity contribution in [2.75, 3.05) is 0 Å². The normalized spacial score (nSPS) is 11.0. The van der Waals surface area contributed by atoms with E-state index in [-0.39, 0.29) is 11.3 Å². The van der Waals surface area contributed by atoms with Crippen LogP contribution in [0.15, 0.2) is 89.9 Å². The van der Waals surface area contributed by atoms with Gasteiger partial charge in [-0.05, 0) is 34.4 Å². The molecule has 1 aromatic heterocycles. The van der Waals surface area contributed by atoms with E-state index in [1.165, 1.54) is 4.68 Å². The molecule has 0 spiro atoms. The molecule has 0 bridgehead atoms. The summed E-state index contributed by atoms with van der Waals surface area (Å²) in [5.74, 6) is -0.0173. The van der Waals surface area contributed by atoms with Gasteiger partial charge in [0.05, 0.1) is 24.1 Å². The number of nitrogens with zero attached hydrogens (tertiary/aromatic N) is 2. The summed E-state index contributed by atoms with van der Waals surface area (Å²) < 4.78 is 23.4. The molecule has 0 unspecified atom stereocenters. The van der Waals surface area contributed by atoms with Crippen LogP contribution in [0.25, 0.3) is 22.3 Å². The van der Waals surface area contributed by atoms with E-state index in [4.69, 9.17) is 11.6 Å². The highest BCUT2D eigenvalue weighted by molar-refractivity contribution is 7.71. The van der Waals surface area contributed by atoms with Crippen LogP contribution in [-0.2, 0) is 23.0 Å². The third kappa shape index (κ3) is 4.93. The van der Waals surface area contributed by atoms with E-state index in [9.17, 15) is 13.2 Å². The molecule has 0 atom stereocenters. The van der Waals surface area contributed by atoms with Crippen molar-refractivity contribution in [3.8, 4) is 22.3 Å². The molecular weight excluding hydrogens is 432 g/mol. The van der Waals surface area contributed by atoms with Crippen molar-refractivity contribution in [3.05, 3.63) is 112 Å². The van der Waals surface area contributed by atoms with Crippen LogP contribution >= 0.6 is 11.6 Å². The molecule has 4 rings (SSSR count). The summed E-state index contributed by atoms with van der Waals surface area (Å²) in [6.45, 7) is 0.357. The summed E-state index contributed by atoms with van der Waals surface area (Å²) in [4.78, 5) is 13.5. The topological polar surface area (TPSA) is 69.0 Å². The van der Waals surface area contributed by atoms with E-state index >= 15 is 0 Å². The minimum absolute atomic E-state index is 0.0173. The van der Waals surface area contributed by atoms with Crippen molar-refractivity contribution in [3.63, 3.8) is 0 Å². The predicted molar refractivity (Wildman–Crippen MR) is 124 cm³/mol. The third-order valence-corrected chi connectivity index (χ3v) is 5.80. The summed E-state index contributed by atoms with van der Waals surface area (Å²) in [6.07, 6.45) is 1.68. The van der Waals surface area contributed by atoms with Crippen LogP contribution < -0.4 is 5.56 Å². The quantitative estimate of drug-likeness (QED) is 0.442. The second-order valence-corrected chi connectivity index (χ2v) is 8.49. The fourth-order valence-corrected chi connectivity index (χ4v) is 4.05. The van der Waals surface area contributed by atoms with Gasteiger partial charge in [0, 0.05) is 10.6 Å². The van der Waals surface area contributed by atoms with Crippen molar-refractivity contribution in [2.24, 2.45) is 0 Å². The maximum absolute atomic E-state index is 13.5. The van der Waals surface area contributed by atoms with Crippen LogP contribution in [0.5, 0.6) is 0 Å². The van der Waals surface area contributed by atoms with Crippen LogP contribution in [0.3, 0.4) is 0 Å². The van der Waals surface area contributed by atoms with E-state index in [1.807, 2.05) is 54.6 Å². The van der Waals surface area contributed by atoms with E-state index in [0.29, 0.717) is 28.3 Å². The van der Waals surface area contributed by atoms with Crippen LogP contribution in [0.1, 0.15) is 11.1 Å². The van der Waals surface area contributed by atoms with Crippen molar-refractivity contribution >= 4 is 22.3 Å². The van der Waals surface area contributed by atoms with Gasteiger partial charge in [-0.3, -0.25) is 4.79 Å². The molecule has 4 aromatic rings. The van der Waals surface area contributed by atoms with Crippen LogP contribution in [0, 0.1) is 0 Å². The standard InChI is InChI=1S/C24H19ClN2O3S/c25-21-12-10-20(11-13-21)23-22(19-8-6-18(7-9-19)16-31(29)30)14-26-27(24(23)28)15-17-4-2-1-3-5-17/h1-14,31H,15-16H2. The Morgan fingerprint density at radius 2 is 1.45 bits per heavy atom. The molecule has 156 valence electrons. The number of hydrogen-bond donors (Lipinski definition) is 1. The van der Waals surface area contributed by atoms with Gasteiger partial charge in [-0.25, -0.2) is 13.1 Å². The van der Waals surface area contributed by atoms with Crippen molar-refractivity contribution in [1.29, 1.82) is 0 Å². The maximum Gasteiger partial charge on any atom is 0.275 e. The summed E-state index contributed by atoms with van der Waals surface area (Å²) in [7, 11) is -2.50. The number of halogens is 1. The number of thiol groups is 1. The minimum atomic E-state index is -2.50. The first-order chi connectivity index (χ1) is 15.0. The van der Waals surface area contributed by atoms with Crippen molar-refractivity contribution in [2.45, 2.75) is 12.3 Å². The van der Waals surface area contributed by atoms with E-state index < -0.39 is 10.7 Å². The van der Waals surface area contributed by atoms with Gasteiger partial charge in [0.2, 0.25) is 0 Å². The van der Waals surface area contributed by atoms with E-state index in [1.54, 1.807) is 30.5 Å². The molecule has 0 saturated heterocycles. The Bertz CT molecular complexity index is 1320. The highest BCUT2D eigenvalue weighted by Gasteiger charge is 2.16. The first-order valence-corrected chi connectivity index (χ1v) is 11.4. The van der Waals surface area contributed by atoms with Gasteiger partial charge in [-0.15, -0.1) is 0 Å². The fourth-order valence-electron chi connectivity index (χ4n) is 3.41. The molecule has 0 N–H and O–H groups in total. The lowest BCUT2D eigenvalue weighted by Crippen LogP contribution is -2.25. The zero-order valence-electron chi connectivity index (χ0n) is 16.4. The first kappa shape index (κ1) is 21.0. The second-order valence-electron chi connectivity index (χ2n) is 7.08. The Morgan fingerprint density at radius 1 is 0.806 bits per heavy atom. The summed E-state index contributed by atoms with van der Waals surface area (Å²) in [6, 6.07) is 23.9. The number of benzene rings is 3. The molecule has 5 nitrogen and oxygen atoms in total. The molecule has 3 aromatic carbocycles. The molecule has 7 heteroatoms. The van der Waals surface area contributed by atoms with Crippen molar-refractivity contribution in [1.82, 2.24) is 9.78 Å². The zero-order valence-corrected chi connectivity index (χ0v) is 18.1. The molecule has 1 heterocycles. The molecule has 31 heavy (non-hydrogen) atoms. The first-order valence-electron chi connectivity index (χ1n) is 9.62. The van der Waals surface area contributed by atoms with Gasteiger partial charge in [-0.2, -0.15) is 5.10 Å². The molecule has 0 aliphatic carbocycles. The number of aromatic nitrogens is 2. The highest BCUT2D eigenvalue weighted by Crippen LogP contribution is 2.30. The maximum atomic E-state index is 13.5. The minimum Gasteiger partial charge on any atom is -0.267 e. The Hall–Kier alpha value is -3.22. The Balaban J connectivity index is 1.83. The Morgan fingerprint density at radius 3 is 2.10 bits per heavy atom. The van der Waals surface area contributed by atoms with Gasteiger partial charge in [0.15, 0.2) is 0 Å². The van der Waals surface area contributed by atoms with Gasteiger partial charge in [0.1, 0.15) is 10.7 Å². The summed E-state index contributed by atoms with van der Waals surface area (Å²) in [5, 5.41) is 4.99. The van der Waals surface area contributed by atoms with Gasteiger partial charge in [-0.1, -0.05) is 78.3 Å². The molecule has 0 saturated carbocycles. The molecule has 0 radical (unpaired) electrons. The van der Waals surface area contributed by atoms with Crippen LogP contribution in [0.4, 0.5) is 0 Å². The zero-order chi connectivity index (χ0) is 21.8. The lowest BCUT2D eigenvalue weighted by atomic mass is 9.96. The largest absolute Gasteiger partial charge is 0.275 e. The summed E-state index contributed by atoms with van der Waals surface area (Å²) >= 11 is 6.05. The number of hydrogen-bond acceptors (Lipinski definition) is 4. The average molecular weight is 451 g/mol. The SMILES string of the molecule is O=c1c(-c2ccc(Cl)cc2)c(-c2ccc(C[SH](=O)=O)cc2)cnn1Cc1ccccc1. The molecular formula is C24H19ClN2O3S. The number of rotatable bonds is 6. The van der Waals surface area contributed by atoms with Gasteiger partial charge >= 0.3 is 0 Å². The summed E-state index contributed by atoms with van der Waals surface area (Å²) in [5.41, 5.74) is 4.17. The predicted octanol–water partition coefficient (Wildman–Crippen LogP) is 4.39. The fraction of sp³-hybridized carbons (Fsp3) is 0.0833. The lowest BCUT2D eigenvalue weighted by molar-refractivity contribution is 0.614.